The zero-order chi connectivity index (χ0) is 9.14. The summed E-state index contributed by atoms with van der Waals surface area (Å²) < 4.78 is 12.1. The first-order valence-electron chi connectivity index (χ1n) is 3.55. The summed E-state index contributed by atoms with van der Waals surface area (Å²) in [5.41, 5.74) is 0.495. The number of phenols is 2. The molecule has 0 aliphatic heterocycles. The molecule has 2 N–H and O–H groups in total. The van der Waals surface area contributed by atoms with Crippen LogP contribution in [0.25, 0.3) is 0 Å². The molecule has 2 nitrogen and oxygen atoms in total. The second-order valence-corrected chi connectivity index (χ2v) is 2.63. The molecule has 1 aromatic carbocycles. The van der Waals surface area contributed by atoms with Gasteiger partial charge in [0.1, 0.15) is 11.5 Å². The Morgan fingerprint density at radius 1 is 1.25 bits per heavy atom. The van der Waals surface area contributed by atoms with E-state index in [0.29, 0.717) is 5.56 Å². The van der Waals surface area contributed by atoms with Crippen LogP contribution < -0.4 is 0 Å². The largest absolute Gasteiger partial charge is 0.508 e. The zero-order valence-electron chi connectivity index (χ0n) is 6.50. The Hall–Kier alpha value is -1.25. The lowest BCUT2D eigenvalue weighted by molar-refractivity contribution is 0.441. The summed E-state index contributed by atoms with van der Waals surface area (Å²) in [6, 6.07) is 3.96. The van der Waals surface area contributed by atoms with Gasteiger partial charge in [-0.05, 0) is 24.6 Å². The van der Waals surface area contributed by atoms with Gasteiger partial charge < -0.3 is 10.2 Å². The van der Waals surface area contributed by atoms with E-state index in [-0.39, 0.29) is 11.5 Å². The predicted molar refractivity (Wildman–Crippen MR) is 43.8 cm³/mol. The number of alkyl halides is 1. The van der Waals surface area contributed by atoms with Crippen LogP contribution in [-0.4, -0.2) is 16.9 Å². The minimum absolute atomic E-state index is 0.0768. The molecule has 0 saturated heterocycles. The standard InChI is InChI=1S/C9H10FO2/c1-6(5-10)7-2-8(11)4-9(12)3-7/h2-4,6,11-12H,1,5H2. The van der Waals surface area contributed by atoms with Crippen LogP contribution in [0.15, 0.2) is 18.2 Å². The first-order chi connectivity index (χ1) is 5.63. The maximum absolute atomic E-state index is 12.1. The molecule has 0 amide bonds. The topological polar surface area (TPSA) is 40.5 Å². The first-order valence-corrected chi connectivity index (χ1v) is 3.55. The third-order valence-corrected chi connectivity index (χ3v) is 1.58. The lowest BCUT2D eigenvalue weighted by Crippen LogP contribution is -1.94. The van der Waals surface area contributed by atoms with E-state index in [4.69, 9.17) is 10.2 Å². The summed E-state index contributed by atoms with van der Waals surface area (Å²) >= 11 is 0. The number of halogens is 1. The summed E-state index contributed by atoms with van der Waals surface area (Å²) in [6.07, 6.45) is 0. The molecule has 1 aromatic rings. The minimum atomic E-state index is -0.608. The van der Waals surface area contributed by atoms with Crippen molar-refractivity contribution in [3.63, 3.8) is 0 Å². The number of aromatic hydroxyl groups is 2. The monoisotopic (exact) mass is 169 g/mol. The predicted octanol–water partition coefficient (Wildman–Crippen LogP) is 1.98. The summed E-state index contributed by atoms with van der Waals surface area (Å²) in [4.78, 5) is 0. The Bertz CT molecular complexity index is 253. The molecule has 1 rings (SSSR count). The van der Waals surface area contributed by atoms with Gasteiger partial charge in [0, 0.05) is 12.0 Å². The maximum Gasteiger partial charge on any atom is 0.119 e. The Kier molecular flexibility index (Phi) is 2.53. The van der Waals surface area contributed by atoms with Crippen LogP contribution in [0.4, 0.5) is 4.39 Å². The molecule has 0 saturated carbocycles. The smallest absolute Gasteiger partial charge is 0.119 e. The number of hydrogen-bond acceptors (Lipinski definition) is 2. The molecule has 3 heteroatoms. The van der Waals surface area contributed by atoms with Crippen LogP contribution in [0.3, 0.4) is 0 Å². The van der Waals surface area contributed by atoms with E-state index in [1.54, 1.807) is 0 Å². The van der Waals surface area contributed by atoms with Crippen molar-refractivity contribution in [2.75, 3.05) is 6.67 Å². The van der Waals surface area contributed by atoms with Crippen molar-refractivity contribution in [3.05, 3.63) is 30.7 Å². The van der Waals surface area contributed by atoms with Gasteiger partial charge in [-0.2, -0.15) is 0 Å². The van der Waals surface area contributed by atoms with E-state index in [1.165, 1.54) is 18.2 Å². The Morgan fingerprint density at radius 2 is 1.75 bits per heavy atom. The summed E-state index contributed by atoms with van der Waals surface area (Å²) in [5, 5.41) is 18.1. The Labute approximate surface area is 70.3 Å². The van der Waals surface area contributed by atoms with Crippen LogP contribution in [0.1, 0.15) is 11.5 Å². The molecular weight excluding hydrogens is 159 g/mol. The van der Waals surface area contributed by atoms with Gasteiger partial charge in [-0.1, -0.05) is 0 Å². The van der Waals surface area contributed by atoms with Crippen molar-refractivity contribution in [2.45, 2.75) is 5.92 Å². The molecule has 0 aliphatic rings. The van der Waals surface area contributed by atoms with E-state index in [0.717, 1.165) is 0 Å². The van der Waals surface area contributed by atoms with Gasteiger partial charge in [0.05, 0.1) is 6.67 Å². The van der Waals surface area contributed by atoms with Gasteiger partial charge in [-0.15, -0.1) is 0 Å². The molecule has 0 bridgehead atoms. The zero-order valence-corrected chi connectivity index (χ0v) is 6.50. The van der Waals surface area contributed by atoms with Crippen molar-refractivity contribution >= 4 is 0 Å². The van der Waals surface area contributed by atoms with E-state index >= 15 is 0 Å². The Morgan fingerprint density at radius 3 is 2.17 bits per heavy atom. The highest BCUT2D eigenvalue weighted by molar-refractivity contribution is 5.38. The highest BCUT2D eigenvalue weighted by Gasteiger charge is 2.07. The van der Waals surface area contributed by atoms with Crippen LogP contribution in [0.2, 0.25) is 0 Å². The van der Waals surface area contributed by atoms with Crippen molar-refractivity contribution in [1.82, 2.24) is 0 Å². The average Bonchev–Trinajstić information content (AvgIpc) is 2.01. The fourth-order valence-electron chi connectivity index (χ4n) is 0.943. The van der Waals surface area contributed by atoms with E-state index < -0.39 is 12.6 Å². The van der Waals surface area contributed by atoms with Gasteiger partial charge in [0.25, 0.3) is 0 Å². The van der Waals surface area contributed by atoms with Crippen molar-refractivity contribution in [2.24, 2.45) is 0 Å². The molecular formula is C9H10FO2. The maximum atomic E-state index is 12.1. The second-order valence-electron chi connectivity index (χ2n) is 2.63. The van der Waals surface area contributed by atoms with Crippen LogP contribution >= 0.6 is 0 Å². The molecule has 12 heavy (non-hydrogen) atoms. The third-order valence-electron chi connectivity index (χ3n) is 1.58. The van der Waals surface area contributed by atoms with Gasteiger partial charge in [0.2, 0.25) is 0 Å². The third kappa shape index (κ3) is 1.87. The minimum Gasteiger partial charge on any atom is -0.508 e. The number of hydrogen-bond donors (Lipinski definition) is 2. The summed E-state index contributed by atoms with van der Waals surface area (Å²) in [5.74, 6) is -0.692. The van der Waals surface area contributed by atoms with Crippen LogP contribution in [-0.2, 0) is 0 Å². The molecule has 0 aliphatic carbocycles. The quantitative estimate of drug-likeness (QED) is 0.710. The average molecular weight is 169 g/mol. The SMILES string of the molecule is [CH2]C(CF)c1cc(O)cc(O)c1. The van der Waals surface area contributed by atoms with Gasteiger partial charge in [-0.3, -0.25) is 4.39 Å². The van der Waals surface area contributed by atoms with E-state index in [9.17, 15) is 4.39 Å². The molecule has 0 aromatic heterocycles. The molecule has 0 heterocycles. The van der Waals surface area contributed by atoms with Gasteiger partial charge >= 0.3 is 0 Å². The van der Waals surface area contributed by atoms with E-state index in [1.807, 2.05) is 0 Å². The normalized spacial score (nSPS) is 12.8. The molecule has 1 atom stereocenters. The fraction of sp³-hybridized carbons (Fsp3) is 0.222. The number of benzene rings is 1. The molecule has 1 unspecified atom stereocenters. The molecule has 0 fully saturated rings. The van der Waals surface area contributed by atoms with Gasteiger partial charge in [0.15, 0.2) is 0 Å². The summed E-state index contributed by atoms with van der Waals surface area (Å²) in [6.45, 7) is 2.90. The van der Waals surface area contributed by atoms with E-state index in [2.05, 4.69) is 6.92 Å². The van der Waals surface area contributed by atoms with Crippen LogP contribution in [0, 0.1) is 6.92 Å². The second kappa shape index (κ2) is 3.43. The van der Waals surface area contributed by atoms with Crippen molar-refractivity contribution in [3.8, 4) is 11.5 Å². The number of rotatable bonds is 2. The highest BCUT2D eigenvalue weighted by Crippen LogP contribution is 2.25. The Balaban J connectivity index is 3.00. The van der Waals surface area contributed by atoms with Crippen molar-refractivity contribution in [1.29, 1.82) is 0 Å². The lowest BCUT2D eigenvalue weighted by atomic mass is 10.0. The lowest BCUT2D eigenvalue weighted by Gasteiger charge is -2.07. The first kappa shape index (κ1) is 8.84. The number of phenolic OH excluding ortho intramolecular Hbond substituents is 2. The highest BCUT2D eigenvalue weighted by atomic mass is 19.1. The molecule has 0 spiro atoms. The van der Waals surface area contributed by atoms with Crippen LogP contribution in [0.5, 0.6) is 11.5 Å². The van der Waals surface area contributed by atoms with Crippen molar-refractivity contribution < 1.29 is 14.6 Å². The fourth-order valence-corrected chi connectivity index (χ4v) is 0.943. The molecule has 65 valence electrons. The van der Waals surface area contributed by atoms with Gasteiger partial charge in [-0.25, -0.2) is 0 Å². The summed E-state index contributed by atoms with van der Waals surface area (Å²) in [7, 11) is 0. The molecule has 1 radical (unpaired) electrons.